The van der Waals surface area contributed by atoms with Crippen LogP contribution in [0.1, 0.15) is 30.9 Å². The second-order valence-electron chi connectivity index (χ2n) is 6.82. The molecular formula is C22H22BrNS. The Balaban J connectivity index is 0.000000272. The van der Waals surface area contributed by atoms with Gasteiger partial charge in [-0.15, -0.1) is 11.8 Å². The Hall–Kier alpha value is -1.32. The van der Waals surface area contributed by atoms with Gasteiger partial charge in [0, 0.05) is 16.8 Å². The van der Waals surface area contributed by atoms with Crippen LogP contribution >= 0.6 is 27.7 Å². The summed E-state index contributed by atoms with van der Waals surface area (Å²) in [5, 5.41) is 2.76. The lowest BCUT2D eigenvalue weighted by molar-refractivity contribution is 0.634. The molecule has 3 aliphatic rings. The number of fused-ring (bicyclic) bond motifs is 4. The molecule has 0 spiro atoms. The van der Waals surface area contributed by atoms with Gasteiger partial charge in [0.05, 0.1) is 5.55 Å². The largest absolute Gasteiger partial charge is 0.285 e. The Kier molecular flexibility index (Phi) is 5.14. The van der Waals surface area contributed by atoms with Gasteiger partial charge in [0.15, 0.2) is 0 Å². The normalized spacial score (nSPS) is 21.0. The van der Waals surface area contributed by atoms with Crippen LogP contribution in [-0.2, 0) is 6.42 Å². The third-order valence-electron chi connectivity index (χ3n) is 5.19. The fourth-order valence-electron chi connectivity index (χ4n) is 3.99. The molecule has 0 saturated carbocycles. The predicted molar refractivity (Wildman–Crippen MR) is 116 cm³/mol. The van der Waals surface area contributed by atoms with Gasteiger partial charge in [-0.2, -0.15) is 0 Å². The maximum atomic E-state index is 3.92. The smallest absolute Gasteiger partial charge is 0.0542 e. The van der Waals surface area contributed by atoms with E-state index in [1.165, 1.54) is 52.5 Å². The van der Waals surface area contributed by atoms with Gasteiger partial charge < -0.3 is 0 Å². The number of halogens is 1. The van der Waals surface area contributed by atoms with E-state index in [-0.39, 0.29) is 0 Å². The van der Waals surface area contributed by atoms with Crippen molar-refractivity contribution in [3.8, 4) is 0 Å². The minimum atomic E-state index is 0.677. The summed E-state index contributed by atoms with van der Waals surface area (Å²) in [6.45, 7) is 3.42. The fraction of sp³-hybridized carbons (Fsp3) is 0.318. The van der Waals surface area contributed by atoms with Crippen molar-refractivity contribution in [2.24, 2.45) is 10.9 Å². The molecule has 1 aliphatic heterocycles. The first kappa shape index (κ1) is 17.1. The van der Waals surface area contributed by atoms with E-state index in [1.807, 2.05) is 5.55 Å². The maximum Gasteiger partial charge on any atom is 0.0542 e. The SMILES string of the molecule is C1=NCCS1.CC1Cc2c(ccc3cc(Br)ccc23)C2=C1CCC=C2. The molecule has 25 heavy (non-hydrogen) atoms. The molecule has 2 aromatic carbocycles. The van der Waals surface area contributed by atoms with Gasteiger partial charge in [0.2, 0.25) is 0 Å². The molecule has 0 radical (unpaired) electrons. The van der Waals surface area contributed by atoms with Crippen LogP contribution in [0.25, 0.3) is 16.3 Å². The van der Waals surface area contributed by atoms with Crippen molar-refractivity contribution in [3.63, 3.8) is 0 Å². The summed E-state index contributed by atoms with van der Waals surface area (Å²) in [6.07, 6.45) is 8.30. The molecule has 0 aromatic heterocycles. The van der Waals surface area contributed by atoms with Crippen molar-refractivity contribution in [1.82, 2.24) is 0 Å². The highest BCUT2D eigenvalue weighted by Crippen LogP contribution is 2.42. The van der Waals surface area contributed by atoms with Gasteiger partial charge in [-0.25, -0.2) is 0 Å². The average Bonchev–Trinajstić information content (AvgIpc) is 3.21. The number of benzene rings is 2. The summed E-state index contributed by atoms with van der Waals surface area (Å²) in [5.41, 5.74) is 8.06. The summed E-state index contributed by atoms with van der Waals surface area (Å²) in [6, 6.07) is 11.2. The zero-order valence-corrected chi connectivity index (χ0v) is 16.9. The third kappa shape index (κ3) is 3.50. The number of thioether (sulfide) groups is 1. The molecule has 2 aliphatic carbocycles. The Labute approximate surface area is 162 Å². The minimum Gasteiger partial charge on any atom is -0.285 e. The number of hydrogen-bond donors (Lipinski definition) is 0. The number of allylic oxidation sites excluding steroid dienone is 4. The van der Waals surface area contributed by atoms with E-state index in [9.17, 15) is 0 Å². The van der Waals surface area contributed by atoms with E-state index in [1.54, 1.807) is 17.3 Å². The van der Waals surface area contributed by atoms with Gasteiger partial charge in [0.1, 0.15) is 0 Å². The fourth-order valence-corrected chi connectivity index (χ4v) is 4.89. The Bertz CT molecular complexity index is 888. The number of aliphatic imine (C=N–C) groups is 1. The topological polar surface area (TPSA) is 12.4 Å². The van der Waals surface area contributed by atoms with E-state index < -0.39 is 0 Å². The van der Waals surface area contributed by atoms with E-state index in [0.29, 0.717) is 5.92 Å². The minimum absolute atomic E-state index is 0.677. The first-order valence-corrected chi connectivity index (χ1v) is 10.8. The molecule has 0 bridgehead atoms. The number of nitrogens with zero attached hydrogens (tertiary/aromatic N) is 1. The van der Waals surface area contributed by atoms with Crippen LogP contribution < -0.4 is 0 Å². The van der Waals surface area contributed by atoms with Crippen molar-refractivity contribution in [1.29, 1.82) is 0 Å². The van der Waals surface area contributed by atoms with Crippen molar-refractivity contribution in [2.75, 3.05) is 12.3 Å². The van der Waals surface area contributed by atoms with Gasteiger partial charge >= 0.3 is 0 Å². The number of rotatable bonds is 0. The summed E-state index contributed by atoms with van der Waals surface area (Å²) in [4.78, 5) is 3.92. The van der Waals surface area contributed by atoms with E-state index in [2.05, 4.69) is 70.3 Å². The zero-order chi connectivity index (χ0) is 17.2. The molecule has 0 N–H and O–H groups in total. The highest BCUT2D eigenvalue weighted by atomic mass is 79.9. The molecular weight excluding hydrogens is 390 g/mol. The molecule has 0 saturated heterocycles. The number of hydrogen-bond acceptors (Lipinski definition) is 2. The van der Waals surface area contributed by atoms with Crippen LogP contribution in [0, 0.1) is 5.92 Å². The summed E-state index contributed by atoms with van der Waals surface area (Å²) in [5.74, 6) is 1.87. The first-order chi connectivity index (χ1) is 12.2. The highest BCUT2D eigenvalue weighted by molar-refractivity contribution is 9.10. The predicted octanol–water partition coefficient (Wildman–Crippen LogP) is 6.66. The first-order valence-electron chi connectivity index (χ1n) is 8.95. The quantitative estimate of drug-likeness (QED) is 0.471. The summed E-state index contributed by atoms with van der Waals surface area (Å²) >= 11 is 5.36. The van der Waals surface area contributed by atoms with E-state index >= 15 is 0 Å². The Morgan fingerprint density at radius 3 is 2.88 bits per heavy atom. The van der Waals surface area contributed by atoms with Crippen molar-refractivity contribution >= 4 is 49.6 Å². The standard InChI is InChI=1S/C19H17Br.C3H5NS/c1-12-10-19-16-9-7-14(20)11-13(16)6-8-18(19)17-5-3-2-4-15(12)17;1-2-5-3-4-1/h3,5-9,11-12H,2,4,10H2,1H3;3H,1-2H2. The van der Waals surface area contributed by atoms with Crippen LogP contribution in [0.5, 0.6) is 0 Å². The van der Waals surface area contributed by atoms with Gasteiger partial charge in [-0.1, -0.05) is 58.8 Å². The van der Waals surface area contributed by atoms with E-state index in [0.717, 1.165) is 11.0 Å². The summed E-state index contributed by atoms with van der Waals surface area (Å²) < 4.78 is 1.16. The lowest BCUT2D eigenvalue weighted by Gasteiger charge is -2.30. The molecule has 128 valence electrons. The van der Waals surface area contributed by atoms with Crippen LogP contribution in [-0.4, -0.2) is 17.8 Å². The maximum absolute atomic E-state index is 3.92. The molecule has 1 nitrogen and oxygen atoms in total. The average molecular weight is 412 g/mol. The molecule has 0 fully saturated rings. The van der Waals surface area contributed by atoms with Gasteiger partial charge in [-0.3, -0.25) is 4.99 Å². The van der Waals surface area contributed by atoms with E-state index in [4.69, 9.17) is 0 Å². The lowest BCUT2D eigenvalue weighted by atomic mass is 9.74. The molecule has 5 rings (SSSR count). The van der Waals surface area contributed by atoms with Crippen molar-refractivity contribution in [3.05, 3.63) is 63.7 Å². The molecule has 0 amide bonds. The van der Waals surface area contributed by atoms with Crippen LogP contribution in [0.2, 0.25) is 0 Å². The monoisotopic (exact) mass is 411 g/mol. The van der Waals surface area contributed by atoms with Crippen molar-refractivity contribution < 1.29 is 0 Å². The molecule has 1 heterocycles. The molecule has 3 heteroatoms. The van der Waals surface area contributed by atoms with Crippen molar-refractivity contribution in [2.45, 2.75) is 26.2 Å². The zero-order valence-electron chi connectivity index (χ0n) is 14.5. The summed E-state index contributed by atoms with van der Waals surface area (Å²) in [7, 11) is 0. The molecule has 1 unspecified atom stereocenters. The second kappa shape index (κ2) is 7.51. The van der Waals surface area contributed by atoms with Crippen LogP contribution in [0.15, 0.2) is 57.5 Å². The van der Waals surface area contributed by atoms with Gasteiger partial charge in [-0.05, 0) is 64.8 Å². The van der Waals surface area contributed by atoms with Crippen LogP contribution in [0.4, 0.5) is 0 Å². The molecule has 1 atom stereocenters. The second-order valence-corrected chi connectivity index (χ2v) is 8.69. The van der Waals surface area contributed by atoms with Crippen LogP contribution in [0.3, 0.4) is 0 Å². The highest BCUT2D eigenvalue weighted by Gasteiger charge is 2.25. The lowest BCUT2D eigenvalue weighted by Crippen LogP contribution is -2.15. The Morgan fingerprint density at radius 2 is 2.12 bits per heavy atom. The third-order valence-corrected chi connectivity index (χ3v) is 6.40. The van der Waals surface area contributed by atoms with Gasteiger partial charge in [0.25, 0.3) is 0 Å². The Morgan fingerprint density at radius 1 is 1.20 bits per heavy atom. The molecule has 2 aromatic rings.